The minimum absolute atomic E-state index is 0.187. The van der Waals surface area contributed by atoms with E-state index in [-0.39, 0.29) is 17.5 Å². The number of piperidine rings is 1. The third kappa shape index (κ3) is 3.75. The van der Waals surface area contributed by atoms with Gasteiger partial charge in [-0.3, -0.25) is 14.6 Å². The van der Waals surface area contributed by atoms with Crippen LogP contribution < -0.4 is 11.3 Å². The molecule has 1 aromatic carbocycles. The molecule has 0 bridgehead atoms. The van der Waals surface area contributed by atoms with Crippen LogP contribution in [-0.4, -0.2) is 54.6 Å². The van der Waals surface area contributed by atoms with Gasteiger partial charge in [-0.25, -0.2) is 14.4 Å². The SMILES string of the molecule is C[C@@H](O)C(=O)N1CCC(n2c(=O)cnc3cnc4cc(F)c(-c5ccc(N)nc5)cc4c32)CC1. The minimum Gasteiger partial charge on any atom is -0.384 e. The summed E-state index contributed by atoms with van der Waals surface area (Å²) in [6, 6.07) is 6.10. The van der Waals surface area contributed by atoms with Crippen LogP contribution in [0.25, 0.3) is 33.1 Å². The number of aliphatic hydroxyl groups excluding tert-OH is 1. The second-order valence-electron chi connectivity index (χ2n) is 8.51. The highest BCUT2D eigenvalue weighted by Gasteiger charge is 2.28. The number of nitrogens with zero attached hydrogens (tertiary/aromatic N) is 5. The number of likely N-dealkylation sites (tertiary alicyclic amines) is 1. The first-order chi connectivity index (χ1) is 16.3. The molecule has 1 fully saturated rings. The van der Waals surface area contributed by atoms with Gasteiger partial charge in [-0.2, -0.15) is 0 Å². The number of hydrogen-bond acceptors (Lipinski definition) is 7. The number of anilines is 1. The van der Waals surface area contributed by atoms with Crippen molar-refractivity contribution in [1.82, 2.24) is 24.4 Å². The Morgan fingerprint density at radius 1 is 1.12 bits per heavy atom. The molecule has 4 aromatic rings. The number of fused-ring (bicyclic) bond motifs is 3. The molecule has 1 aliphatic heterocycles. The maximum absolute atomic E-state index is 15.0. The first-order valence-corrected chi connectivity index (χ1v) is 11.0. The number of rotatable bonds is 3. The van der Waals surface area contributed by atoms with E-state index in [0.717, 1.165) is 0 Å². The average Bonchev–Trinajstić information content (AvgIpc) is 2.83. The van der Waals surface area contributed by atoms with E-state index in [9.17, 15) is 19.1 Å². The summed E-state index contributed by atoms with van der Waals surface area (Å²) in [5, 5.41) is 10.2. The molecule has 1 aliphatic rings. The van der Waals surface area contributed by atoms with Crippen LogP contribution in [0.2, 0.25) is 0 Å². The number of benzene rings is 1. The number of carbonyl (C=O) groups is 1. The van der Waals surface area contributed by atoms with E-state index in [1.807, 2.05) is 0 Å². The van der Waals surface area contributed by atoms with Gasteiger partial charge in [0, 0.05) is 47.9 Å². The highest BCUT2D eigenvalue weighted by molar-refractivity contribution is 6.03. The summed E-state index contributed by atoms with van der Waals surface area (Å²) in [6.45, 7) is 2.29. The van der Waals surface area contributed by atoms with Crippen LogP contribution in [-0.2, 0) is 4.79 Å². The quantitative estimate of drug-likeness (QED) is 0.447. The summed E-state index contributed by atoms with van der Waals surface area (Å²) in [6.07, 6.45) is 4.31. The third-order valence-electron chi connectivity index (χ3n) is 6.30. The Labute approximate surface area is 193 Å². The fourth-order valence-corrected chi connectivity index (χ4v) is 4.59. The van der Waals surface area contributed by atoms with Gasteiger partial charge in [-0.05, 0) is 38.0 Å². The molecule has 34 heavy (non-hydrogen) atoms. The topological polar surface area (TPSA) is 127 Å². The fraction of sp³-hybridized carbons (Fsp3) is 0.292. The van der Waals surface area contributed by atoms with Crippen LogP contribution >= 0.6 is 0 Å². The molecule has 0 unspecified atom stereocenters. The maximum atomic E-state index is 15.0. The number of carbonyl (C=O) groups excluding carboxylic acids is 1. The molecular weight excluding hydrogens is 439 g/mol. The second kappa shape index (κ2) is 8.45. The van der Waals surface area contributed by atoms with Gasteiger partial charge < -0.3 is 20.3 Å². The van der Waals surface area contributed by atoms with Crippen molar-refractivity contribution in [3.8, 4) is 11.1 Å². The van der Waals surface area contributed by atoms with Crippen molar-refractivity contribution in [2.24, 2.45) is 0 Å². The van der Waals surface area contributed by atoms with Crippen molar-refractivity contribution < 1.29 is 14.3 Å². The second-order valence-corrected chi connectivity index (χ2v) is 8.51. The van der Waals surface area contributed by atoms with Crippen molar-refractivity contribution in [3.63, 3.8) is 0 Å². The first kappa shape index (κ1) is 21.9. The van der Waals surface area contributed by atoms with E-state index in [2.05, 4.69) is 15.0 Å². The lowest BCUT2D eigenvalue weighted by molar-refractivity contribution is -0.140. The zero-order chi connectivity index (χ0) is 24.0. The van der Waals surface area contributed by atoms with Crippen LogP contribution in [0.1, 0.15) is 25.8 Å². The molecule has 1 saturated heterocycles. The largest absolute Gasteiger partial charge is 0.384 e. The number of aromatic nitrogens is 4. The molecule has 1 amide bonds. The molecule has 174 valence electrons. The zero-order valence-corrected chi connectivity index (χ0v) is 18.5. The van der Waals surface area contributed by atoms with E-state index in [0.29, 0.717) is 64.8 Å². The monoisotopic (exact) mass is 462 g/mol. The Morgan fingerprint density at radius 2 is 1.85 bits per heavy atom. The number of pyridine rings is 2. The molecule has 3 aromatic heterocycles. The normalized spacial score (nSPS) is 15.7. The molecule has 0 saturated carbocycles. The predicted molar refractivity (Wildman–Crippen MR) is 125 cm³/mol. The Kier molecular flexibility index (Phi) is 5.45. The summed E-state index contributed by atoms with van der Waals surface area (Å²) in [7, 11) is 0. The van der Waals surface area contributed by atoms with Crippen LogP contribution in [0.3, 0.4) is 0 Å². The number of hydrogen-bond donors (Lipinski definition) is 2. The molecule has 0 spiro atoms. The average molecular weight is 462 g/mol. The van der Waals surface area contributed by atoms with E-state index in [1.165, 1.54) is 31.6 Å². The fourth-order valence-electron chi connectivity index (χ4n) is 4.59. The number of halogens is 1. The number of nitrogen functional groups attached to an aromatic ring is 1. The van der Waals surface area contributed by atoms with Crippen molar-refractivity contribution >= 4 is 33.7 Å². The number of nitrogens with two attached hydrogens (primary N) is 1. The first-order valence-electron chi connectivity index (χ1n) is 11.0. The van der Waals surface area contributed by atoms with Gasteiger partial charge in [0.25, 0.3) is 11.5 Å². The smallest absolute Gasteiger partial charge is 0.269 e. The van der Waals surface area contributed by atoms with Crippen molar-refractivity contribution in [1.29, 1.82) is 0 Å². The third-order valence-corrected chi connectivity index (χ3v) is 6.30. The summed E-state index contributed by atoms with van der Waals surface area (Å²) in [5.74, 6) is -0.457. The minimum atomic E-state index is -1.06. The Balaban J connectivity index is 1.65. The standard InChI is InChI=1S/C24H23FN6O3/c1-13(32)24(34)30-6-4-15(5-7-30)31-22(33)12-28-20-11-27-19-9-18(25)16(8-17(19)23(20)31)14-2-3-21(26)29-10-14/h2-3,8-13,15,32H,4-7H2,1H3,(H2,26,29)/t13-/m1/s1. The molecule has 0 radical (unpaired) electrons. The van der Waals surface area contributed by atoms with Gasteiger partial charge in [0.1, 0.15) is 23.3 Å². The van der Waals surface area contributed by atoms with Gasteiger partial charge in [0.15, 0.2) is 0 Å². The number of amides is 1. The maximum Gasteiger partial charge on any atom is 0.269 e. The van der Waals surface area contributed by atoms with Crippen molar-refractivity contribution in [2.75, 3.05) is 18.8 Å². The molecule has 4 heterocycles. The lowest BCUT2D eigenvalue weighted by Gasteiger charge is -2.34. The van der Waals surface area contributed by atoms with Gasteiger partial charge in [0.05, 0.1) is 23.4 Å². The van der Waals surface area contributed by atoms with E-state index < -0.39 is 11.9 Å². The number of aliphatic hydroxyl groups is 1. The Morgan fingerprint density at radius 3 is 2.53 bits per heavy atom. The Bertz CT molecular complexity index is 1460. The molecule has 1 atom stereocenters. The Hall–Kier alpha value is -3.92. The molecule has 5 rings (SSSR count). The highest BCUT2D eigenvalue weighted by Crippen LogP contribution is 2.32. The molecular formula is C24H23FN6O3. The van der Waals surface area contributed by atoms with Crippen LogP contribution in [0, 0.1) is 5.82 Å². The van der Waals surface area contributed by atoms with E-state index in [4.69, 9.17) is 5.73 Å². The molecule has 3 N–H and O–H groups in total. The van der Waals surface area contributed by atoms with E-state index >= 15 is 0 Å². The van der Waals surface area contributed by atoms with Gasteiger partial charge in [-0.15, -0.1) is 0 Å². The molecule has 10 heteroatoms. The van der Waals surface area contributed by atoms with Crippen LogP contribution in [0.15, 0.2) is 47.7 Å². The molecule has 9 nitrogen and oxygen atoms in total. The lowest BCUT2D eigenvalue weighted by atomic mass is 10.0. The summed E-state index contributed by atoms with van der Waals surface area (Å²) < 4.78 is 16.7. The lowest BCUT2D eigenvalue weighted by Crippen LogP contribution is -2.44. The predicted octanol–water partition coefficient (Wildman–Crippen LogP) is 2.27. The van der Waals surface area contributed by atoms with Crippen molar-refractivity contribution in [3.05, 3.63) is 59.0 Å². The van der Waals surface area contributed by atoms with Crippen molar-refractivity contribution in [2.45, 2.75) is 31.9 Å². The highest BCUT2D eigenvalue weighted by atomic mass is 19.1. The van der Waals surface area contributed by atoms with Gasteiger partial charge in [0.2, 0.25) is 0 Å². The van der Waals surface area contributed by atoms with Crippen LogP contribution in [0.5, 0.6) is 0 Å². The van der Waals surface area contributed by atoms with Crippen LogP contribution in [0.4, 0.5) is 10.2 Å². The summed E-state index contributed by atoms with van der Waals surface area (Å²) in [4.78, 5) is 39.5. The van der Waals surface area contributed by atoms with Gasteiger partial charge >= 0.3 is 0 Å². The van der Waals surface area contributed by atoms with E-state index in [1.54, 1.807) is 27.7 Å². The summed E-state index contributed by atoms with van der Waals surface area (Å²) >= 11 is 0. The van der Waals surface area contributed by atoms with Gasteiger partial charge in [-0.1, -0.05) is 0 Å². The zero-order valence-electron chi connectivity index (χ0n) is 18.5. The summed E-state index contributed by atoms with van der Waals surface area (Å²) in [5.41, 5.74) is 7.75. The molecule has 0 aliphatic carbocycles.